The summed E-state index contributed by atoms with van der Waals surface area (Å²) in [5.74, 6) is -2.22. The number of nitrogens with zero attached hydrogens (tertiary/aromatic N) is 1. The predicted octanol–water partition coefficient (Wildman–Crippen LogP) is 2.75. The zero-order valence-corrected chi connectivity index (χ0v) is 18.7. The summed E-state index contributed by atoms with van der Waals surface area (Å²) in [6, 6.07) is 0.856. The van der Waals surface area contributed by atoms with Crippen LogP contribution in [0.4, 0.5) is 0 Å². The van der Waals surface area contributed by atoms with Gasteiger partial charge in [0.25, 0.3) is 11.8 Å². The van der Waals surface area contributed by atoms with Gasteiger partial charge in [-0.2, -0.15) is 0 Å². The van der Waals surface area contributed by atoms with Gasteiger partial charge in [0.15, 0.2) is 0 Å². The zero-order chi connectivity index (χ0) is 22.0. The lowest BCUT2D eigenvalue weighted by Crippen LogP contribution is -2.54. The average Bonchev–Trinajstić information content (AvgIpc) is 3.22. The van der Waals surface area contributed by atoms with Gasteiger partial charge in [0, 0.05) is 4.88 Å². The number of rotatable bonds is 6. The Morgan fingerprint density at radius 3 is 2.23 bits per heavy atom. The zero-order valence-electron chi connectivity index (χ0n) is 17.9. The van der Waals surface area contributed by atoms with Crippen molar-refractivity contribution in [2.45, 2.75) is 59.4 Å². The molecule has 3 atom stereocenters. The van der Waals surface area contributed by atoms with Crippen LogP contribution in [0, 0.1) is 24.7 Å². The number of nitrogens with one attached hydrogen (secondary N) is 2. The van der Waals surface area contributed by atoms with E-state index in [1.165, 1.54) is 11.3 Å². The SMILES string of the molecule is CCc1sc(C(=O)NNC(=O)C(CC(C)C)N2C(=O)C3CC=CCC3C2=O)cc1C. The average molecular weight is 432 g/mol. The minimum absolute atomic E-state index is 0.0878. The molecule has 4 amide bonds. The first-order valence-corrected chi connectivity index (χ1v) is 11.3. The van der Waals surface area contributed by atoms with Crippen molar-refractivity contribution in [1.29, 1.82) is 0 Å². The molecule has 1 aromatic heterocycles. The number of allylic oxidation sites excluding steroid dienone is 2. The lowest BCUT2D eigenvalue weighted by atomic mass is 9.85. The lowest BCUT2D eigenvalue weighted by Gasteiger charge is -2.27. The molecule has 0 bridgehead atoms. The molecule has 1 saturated heterocycles. The number of likely N-dealkylation sites (tertiary alicyclic amines) is 1. The number of amides is 4. The molecule has 3 unspecified atom stereocenters. The summed E-state index contributed by atoms with van der Waals surface area (Å²) in [5.41, 5.74) is 5.92. The van der Waals surface area contributed by atoms with E-state index >= 15 is 0 Å². The molecule has 2 heterocycles. The number of carbonyl (C=O) groups excluding carboxylic acids is 4. The van der Waals surface area contributed by atoms with Gasteiger partial charge in [-0.3, -0.25) is 34.9 Å². The predicted molar refractivity (Wildman–Crippen MR) is 114 cm³/mol. The van der Waals surface area contributed by atoms with Gasteiger partial charge in [0.1, 0.15) is 6.04 Å². The highest BCUT2D eigenvalue weighted by Crippen LogP contribution is 2.37. The second-order valence-electron chi connectivity index (χ2n) is 8.36. The number of hydrogen-bond donors (Lipinski definition) is 2. The summed E-state index contributed by atoms with van der Waals surface area (Å²) < 4.78 is 0. The van der Waals surface area contributed by atoms with Crippen LogP contribution < -0.4 is 10.9 Å². The number of carbonyl (C=O) groups is 4. The van der Waals surface area contributed by atoms with E-state index < -0.39 is 17.9 Å². The van der Waals surface area contributed by atoms with Gasteiger partial charge in [-0.15, -0.1) is 11.3 Å². The van der Waals surface area contributed by atoms with Crippen molar-refractivity contribution in [3.8, 4) is 0 Å². The van der Waals surface area contributed by atoms with Crippen LogP contribution in [-0.4, -0.2) is 34.6 Å². The smallest absolute Gasteiger partial charge is 0.274 e. The topological polar surface area (TPSA) is 95.6 Å². The van der Waals surface area contributed by atoms with Crippen molar-refractivity contribution in [3.05, 3.63) is 33.5 Å². The molecule has 1 aromatic rings. The van der Waals surface area contributed by atoms with Crippen molar-refractivity contribution in [3.63, 3.8) is 0 Å². The van der Waals surface area contributed by atoms with Gasteiger partial charge in [0.2, 0.25) is 11.8 Å². The van der Waals surface area contributed by atoms with E-state index in [1.54, 1.807) is 6.07 Å². The van der Waals surface area contributed by atoms with Crippen molar-refractivity contribution in [1.82, 2.24) is 15.8 Å². The minimum Gasteiger partial charge on any atom is -0.274 e. The molecule has 162 valence electrons. The van der Waals surface area contributed by atoms with Crippen molar-refractivity contribution in [2.24, 2.45) is 17.8 Å². The highest BCUT2D eigenvalue weighted by Gasteiger charge is 2.51. The molecular formula is C22H29N3O4S. The first-order chi connectivity index (χ1) is 14.2. The minimum atomic E-state index is -0.938. The highest BCUT2D eigenvalue weighted by molar-refractivity contribution is 7.14. The third kappa shape index (κ3) is 4.33. The van der Waals surface area contributed by atoms with Crippen LogP contribution in [0.15, 0.2) is 18.2 Å². The Bertz CT molecular complexity index is 863. The van der Waals surface area contributed by atoms with Gasteiger partial charge in [-0.1, -0.05) is 32.9 Å². The number of fused-ring (bicyclic) bond motifs is 1. The summed E-state index contributed by atoms with van der Waals surface area (Å²) >= 11 is 1.39. The van der Waals surface area contributed by atoms with Gasteiger partial charge in [-0.05, 0) is 50.2 Å². The quantitative estimate of drug-likeness (QED) is 0.411. The molecule has 7 nitrogen and oxygen atoms in total. The Hall–Kier alpha value is -2.48. The molecule has 0 radical (unpaired) electrons. The molecule has 1 aliphatic heterocycles. The van der Waals surface area contributed by atoms with Crippen LogP contribution in [0.3, 0.4) is 0 Å². The fourth-order valence-corrected chi connectivity index (χ4v) is 5.16. The summed E-state index contributed by atoms with van der Waals surface area (Å²) in [4.78, 5) is 54.0. The molecule has 0 saturated carbocycles. The van der Waals surface area contributed by atoms with Crippen LogP contribution in [0.1, 0.15) is 60.1 Å². The van der Waals surface area contributed by atoms with Crippen LogP contribution in [0.25, 0.3) is 0 Å². The maximum atomic E-state index is 12.9. The molecule has 2 N–H and O–H groups in total. The van der Waals surface area contributed by atoms with E-state index in [0.717, 1.165) is 21.8 Å². The van der Waals surface area contributed by atoms with E-state index in [0.29, 0.717) is 24.1 Å². The van der Waals surface area contributed by atoms with E-state index in [1.807, 2.05) is 39.8 Å². The van der Waals surface area contributed by atoms with Gasteiger partial charge >= 0.3 is 0 Å². The summed E-state index contributed by atoms with van der Waals surface area (Å²) in [7, 11) is 0. The van der Waals surface area contributed by atoms with Crippen molar-refractivity contribution in [2.75, 3.05) is 0 Å². The number of imide groups is 1. The summed E-state index contributed by atoms with van der Waals surface area (Å²) in [5, 5.41) is 0. The van der Waals surface area contributed by atoms with Gasteiger partial charge in [0.05, 0.1) is 16.7 Å². The van der Waals surface area contributed by atoms with E-state index in [4.69, 9.17) is 0 Å². The second-order valence-corrected chi connectivity index (χ2v) is 9.50. The monoisotopic (exact) mass is 431 g/mol. The molecule has 0 aromatic carbocycles. The van der Waals surface area contributed by atoms with E-state index in [9.17, 15) is 19.2 Å². The van der Waals surface area contributed by atoms with Crippen LogP contribution in [-0.2, 0) is 20.8 Å². The lowest BCUT2D eigenvalue weighted by molar-refractivity contribution is -0.148. The Labute approximate surface area is 180 Å². The Morgan fingerprint density at radius 2 is 1.73 bits per heavy atom. The summed E-state index contributed by atoms with van der Waals surface area (Å²) in [6.07, 6.45) is 6.06. The van der Waals surface area contributed by atoms with Crippen LogP contribution >= 0.6 is 11.3 Å². The molecular weight excluding hydrogens is 402 g/mol. The molecule has 0 spiro atoms. The Morgan fingerprint density at radius 1 is 1.13 bits per heavy atom. The maximum Gasteiger partial charge on any atom is 0.279 e. The number of hydrogen-bond acceptors (Lipinski definition) is 5. The van der Waals surface area contributed by atoms with Crippen LogP contribution in [0.5, 0.6) is 0 Å². The standard InChI is InChI=1S/C22H29N3O4S/c1-5-17-13(4)11-18(30-17)20(27)24-23-19(26)16(10-12(2)3)25-21(28)14-8-6-7-9-15(14)22(25)29/h6-7,11-12,14-16H,5,8-10H2,1-4H3,(H,23,26)(H,24,27). The van der Waals surface area contributed by atoms with E-state index in [2.05, 4.69) is 10.9 Å². The van der Waals surface area contributed by atoms with Crippen LogP contribution in [0.2, 0.25) is 0 Å². The van der Waals surface area contributed by atoms with Crippen molar-refractivity contribution >= 4 is 35.0 Å². The first-order valence-electron chi connectivity index (χ1n) is 10.5. The first kappa shape index (κ1) is 22.2. The molecule has 3 rings (SSSR count). The summed E-state index contributed by atoms with van der Waals surface area (Å²) in [6.45, 7) is 7.83. The molecule has 1 aliphatic carbocycles. The number of hydrazine groups is 1. The molecule has 2 aliphatic rings. The number of aryl methyl sites for hydroxylation is 2. The molecule has 30 heavy (non-hydrogen) atoms. The second kappa shape index (κ2) is 9.12. The Balaban J connectivity index is 1.72. The molecule has 1 fully saturated rings. The van der Waals surface area contributed by atoms with Gasteiger partial charge in [-0.25, -0.2) is 0 Å². The van der Waals surface area contributed by atoms with Crippen molar-refractivity contribution < 1.29 is 19.2 Å². The number of thiophene rings is 1. The Kier molecular flexibility index (Phi) is 6.75. The fourth-order valence-electron chi connectivity index (χ4n) is 4.16. The fraction of sp³-hybridized carbons (Fsp3) is 0.545. The third-order valence-corrected chi connectivity index (χ3v) is 7.10. The van der Waals surface area contributed by atoms with E-state index in [-0.39, 0.29) is 29.6 Å². The highest BCUT2D eigenvalue weighted by atomic mass is 32.1. The van der Waals surface area contributed by atoms with Gasteiger partial charge < -0.3 is 0 Å². The maximum absolute atomic E-state index is 12.9. The normalized spacial score (nSPS) is 21.7. The largest absolute Gasteiger partial charge is 0.279 e. The molecule has 8 heteroatoms. The third-order valence-electron chi connectivity index (χ3n) is 5.72.